The highest BCUT2D eigenvalue weighted by atomic mass is 16.6. The summed E-state index contributed by atoms with van der Waals surface area (Å²) in [6, 6.07) is 22.6. The van der Waals surface area contributed by atoms with Gasteiger partial charge in [-0.2, -0.15) is 0 Å². The van der Waals surface area contributed by atoms with Gasteiger partial charge >= 0.3 is 0 Å². The summed E-state index contributed by atoms with van der Waals surface area (Å²) >= 11 is 0. The van der Waals surface area contributed by atoms with Crippen molar-refractivity contribution in [2.75, 3.05) is 38.1 Å². The lowest BCUT2D eigenvalue weighted by atomic mass is 10.1. The minimum Gasteiger partial charge on any atom is -0.490 e. The molecule has 0 saturated carbocycles. The zero-order valence-corrected chi connectivity index (χ0v) is 30.8. The molecule has 0 spiro atoms. The minimum atomic E-state index is -1.79. The second-order valence-electron chi connectivity index (χ2n) is 12.7. The summed E-state index contributed by atoms with van der Waals surface area (Å²) in [5.74, 6) is -0.332. The molecule has 0 aliphatic rings. The molecule has 0 bridgehead atoms. The average Bonchev–Trinajstić information content (AvgIpc) is 3.11. The van der Waals surface area contributed by atoms with Gasteiger partial charge in [-0.25, -0.2) is 0 Å². The first-order chi connectivity index (χ1) is 25.4. The number of ether oxygens (including phenoxy) is 4. The highest BCUT2D eigenvalue weighted by molar-refractivity contribution is 5.97. The second kappa shape index (κ2) is 19.2. The highest BCUT2D eigenvalue weighted by Crippen LogP contribution is 2.24. The third-order valence-electron chi connectivity index (χ3n) is 7.79. The summed E-state index contributed by atoms with van der Waals surface area (Å²) < 4.78 is 21.0. The van der Waals surface area contributed by atoms with Gasteiger partial charge in [-0.15, -0.1) is 0 Å². The van der Waals surface area contributed by atoms with Crippen LogP contribution >= 0.6 is 0 Å². The lowest BCUT2D eigenvalue weighted by Crippen LogP contribution is -2.45. The van der Waals surface area contributed by atoms with E-state index >= 15 is 0 Å². The molecule has 16 nitrogen and oxygen atoms in total. The van der Waals surface area contributed by atoms with Crippen LogP contribution in [0.5, 0.6) is 11.5 Å². The van der Waals surface area contributed by atoms with Gasteiger partial charge in [0.15, 0.2) is 11.2 Å². The molecule has 0 aliphatic heterocycles. The Morgan fingerprint density at radius 1 is 0.630 bits per heavy atom. The lowest BCUT2D eigenvalue weighted by molar-refractivity contribution is -0.385. The molecule has 0 aromatic heterocycles. The van der Waals surface area contributed by atoms with Crippen LogP contribution in [-0.2, 0) is 32.3 Å². The lowest BCUT2D eigenvalue weighted by Gasteiger charge is -2.22. The van der Waals surface area contributed by atoms with Crippen LogP contribution < -0.4 is 20.1 Å². The van der Waals surface area contributed by atoms with Gasteiger partial charge in [-0.1, -0.05) is 24.3 Å². The molecule has 2 unspecified atom stereocenters. The van der Waals surface area contributed by atoms with Crippen LogP contribution in [0, 0.1) is 34.1 Å². The molecule has 0 heterocycles. The van der Waals surface area contributed by atoms with Crippen LogP contribution in [0.4, 0.5) is 22.7 Å². The number of nitro groups is 2. The number of aryl methyl sites for hydroxylation is 2. The average molecular weight is 749 g/mol. The molecule has 288 valence electrons. The highest BCUT2D eigenvalue weighted by Gasteiger charge is 2.33. The predicted molar refractivity (Wildman–Crippen MR) is 199 cm³/mol. The topological polar surface area (TPSA) is 222 Å². The van der Waals surface area contributed by atoms with Gasteiger partial charge in [0, 0.05) is 48.9 Å². The molecule has 4 N–H and O–H groups in total. The van der Waals surface area contributed by atoms with Crippen LogP contribution in [-0.4, -0.2) is 70.5 Å². The molecule has 0 radical (unpaired) electrons. The second-order valence-corrected chi connectivity index (χ2v) is 12.7. The van der Waals surface area contributed by atoms with E-state index in [1.807, 2.05) is 24.3 Å². The van der Waals surface area contributed by atoms with Gasteiger partial charge in [0.05, 0.1) is 23.1 Å². The van der Waals surface area contributed by atoms with Crippen molar-refractivity contribution in [1.82, 2.24) is 0 Å². The van der Waals surface area contributed by atoms with E-state index in [9.17, 15) is 40.0 Å². The van der Waals surface area contributed by atoms with E-state index < -0.39 is 32.9 Å². The van der Waals surface area contributed by atoms with E-state index in [2.05, 4.69) is 10.6 Å². The molecule has 16 heteroatoms. The van der Waals surface area contributed by atoms with Crippen molar-refractivity contribution in [1.29, 1.82) is 0 Å². The number of rotatable bonds is 16. The molecule has 2 amide bonds. The van der Waals surface area contributed by atoms with Gasteiger partial charge < -0.3 is 39.8 Å². The van der Waals surface area contributed by atoms with E-state index in [0.29, 0.717) is 47.2 Å². The van der Waals surface area contributed by atoms with E-state index in [0.717, 1.165) is 11.1 Å². The number of carbonyl (C=O) groups excluding carboxylic acids is 2. The molecule has 2 atom stereocenters. The number of hydrogen-bond acceptors (Lipinski definition) is 12. The molecule has 0 aliphatic carbocycles. The molecular formula is C38H44N4O12. The fourth-order valence-electron chi connectivity index (χ4n) is 4.68. The Bertz CT molecular complexity index is 1770. The van der Waals surface area contributed by atoms with Crippen LogP contribution in [0.15, 0.2) is 84.9 Å². The van der Waals surface area contributed by atoms with Crippen LogP contribution in [0.1, 0.15) is 36.1 Å². The number of amides is 2. The number of hydrogen-bond donors (Lipinski definition) is 4. The number of carbonyl (C=O) groups is 2. The normalized spacial score (nSPS) is 12.9. The molecule has 0 fully saturated rings. The molecule has 4 rings (SSSR count). The Kier molecular flexibility index (Phi) is 15.1. The predicted octanol–water partition coefficient (Wildman–Crippen LogP) is 5.64. The number of anilines is 2. The van der Waals surface area contributed by atoms with Crippen LogP contribution in [0.3, 0.4) is 0 Å². The summed E-state index contributed by atoms with van der Waals surface area (Å²) in [6.45, 7) is 6.26. The van der Waals surface area contributed by atoms with Crippen molar-refractivity contribution >= 4 is 34.6 Å². The van der Waals surface area contributed by atoms with Gasteiger partial charge in [-0.05, 0) is 87.4 Å². The van der Waals surface area contributed by atoms with Crippen LogP contribution in [0.25, 0.3) is 0 Å². The van der Waals surface area contributed by atoms with Crippen molar-refractivity contribution in [3.63, 3.8) is 0 Å². The van der Waals surface area contributed by atoms with Gasteiger partial charge in [0.1, 0.15) is 24.7 Å². The Hall–Kier alpha value is -5.94. The Morgan fingerprint density at radius 2 is 0.963 bits per heavy atom. The number of nitrogens with zero attached hydrogens (tertiary/aromatic N) is 2. The summed E-state index contributed by atoms with van der Waals surface area (Å²) in [4.78, 5) is 45.4. The first-order valence-corrected chi connectivity index (χ1v) is 16.4. The third-order valence-corrected chi connectivity index (χ3v) is 7.79. The fraction of sp³-hybridized carbons (Fsp3) is 0.316. The molecular weight excluding hydrogens is 704 g/mol. The number of nitrogens with one attached hydrogen (secondary N) is 2. The first-order valence-electron chi connectivity index (χ1n) is 16.4. The van der Waals surface area contributed by atoms with Crippen molar-refractivity contribution in [3.05, 3.63) is 127 Å². The van der Waals surface area contributed by atoms with Crippen molar-refractivity contribution in [3.8, 4) is 11.5 Å². The number of nitro benzene ring substituents is 2. The molecule has 4 aromatic rings. The minimum absolute atomic E-state index is 0.0417. The fourth-order valence-corrected chi connectivity index (χ4v) is 4.68. The van der Waals surface area contributed by atoms with Crippen molar-refractivity contribution in [2.24, 2.45) is 0 Å². The van der Waals surface area contributed by atoms with Crippen LogP contribution in [0.2, 0.25) is 0 Å². The van der Waals surface area contributed by atoms with Gasteiger partial charge in [-0.3, -0.25) is 29.8 Å². The zero-order valence-electron chi connectivity index (χ0n) is 30.8. The smallest absolute Gasteiger partial charge is 0.272 e. The monoisotopic (exact) mass is 748 g/mol. The maximum Gasteiger partial charge on any atom is 0.272 e. The van der Waals surface area contributed by atoms with Crippen molar-refractivity contribution < 1.29 is 48.6 Å². The number of methoxy groups -OCH3 is 2. The molecule has 54 heavy (non-hydrogen) atoms. The third kappa shape index (κ3) is 12.6. The zero-order chi connectivity index (χ0) is 40.1. The maximum atomic E-state index is 12.3. The maximum absolute atomic E-state index is 12.3. The van der Waals surface area contributed by atoms with E-state index in [-0.39, 0.29) is 24.6 Å². The van der Waals surface area contributed by atoms with Crippen molar-refractivity contribution in [2.45, 2.75) is 52.1 Å². The summed E-state index contributed by atoms with van der Waals surface area (Å²) in [5, 5.41) is 47.6. The Labute approximate surface area is 311 Å². The molecule has 4 aromatic carbocycles. The van der Waals surface area contributed by atoms with Gasteiger partial charge in [0.2, 0.25) is 0 Å². The Balaban J connectivity index is 0.000000290. The van der Waals surface area contributed by atoms with Gasteiger partial charge in [0.25, 0.3) is 23.2 Å². The van der Waals surface area contributed by atoms with E-state index in [1.54, 1.807) is 52.3 Å². The SMILES string of the molecule is COCc1ccc(OCC(C)(O)C(=O)Nc2ccc([N+](=O)[O-])c(C)c2)cc1.COCc1ccc(OCC(C)(O)C(=O)Nc2ccc([N+](=O)[O-])c(C)c2)cc1. The van der Waals surface area contributed by atoms with E-state index in [4.69, 9.17) is 18.9 Å². The number of benzene rings is 4. The standard InChI is InChI=1S/2C19H22N2O6/c2*1-13-10-15(6-9-17(13)21(24)25)20-18(22)19(2,23)12-27-16-7-4-14(5-8-16)11-26-3/h2*4-10,23H,11-12H2,1-3H3,(H,20,22). The summed E-state index contributed by atoms with van der Waals surface area (Å²) in [7, 11) is 3.21. The largest absolute Gasteiger partial charge is 0.490 e. The first kappa shape index (κ1) is 42.5. The number of aliphatic hydroxyl groups is 2. The summed E-state index contributed by atoms with van der Waals surface area (Å²) in [5.41, 5.74) is -0.193. The quantitative estimate of drug-likeness (QED) is 0.0808. The Morgan fingerprint density at radius 3 is 1.24 bits per heavy atom. The molecule has 0 saturated heterocycles. The summed E-state index contributed by atoms with van der Waals surface area (Å²) in [6.07, 6.45) is 0. The van der Waals surface area contributed by atoms with E-state index in [1.165, 1.54) is 50.2 Å².